The highest BCUT2D eigenvalue weighted by atomic mass is 32.2. The summed E-state index contributed by atoms with van der Waals surface area (Å²) in [7, 11) is -2.30. The zero-order chi connectivity index (χ0) is 24.1. The van der Waals surface area contributed by atoms with Gasteiger partial charge in [-0.25, -0.2) is 12.8 Å². The molecule has 0 bridgehead atoms. The van der Waals surface area contributed by atoms with Crippen molar-refractivity contribution >= 4 is 27.3 Å². The van der Waals surface area contributed by atoms with Crippen LogP contribution in [-0.4, -0.2) is 52.5 Å². The Kier molecular flexibility index (Phi) is 7.02. The molecule has 1 aliphatic heterocycles. The Balaban J connectivity index is 1.45. The standard InChI is InChI=1S/C25H26FN3O4S/c1-33-23-12-10-22(11-13-23)28-14-3-15-29(17-16-28)25(30)19-4-2-5-24(18-19)34(31,32)27-21-8-6-20(26)7-9-21/h2,4-13,18,27H,3,14-17H2,1H3. The maximum absolute atomic E-state index is 13.2. The quantitative estimate of drug-likeness (QED) is 0.574. The van der Waals surface area contributed by atoms with Gasteiger partial charge in [0, 0.05) is 43.1 Å². The summed E-state index contributed by atoms with van der Waals surface area (Å²) >= 11 is 0. The summed E-state index contributed by atoms with van der Waals surface area (Å²) in [6, 6.07) is 18.8. The van der Waals surface area contributed by atoms with Crippen LogP contribution in [0.5, 0.6) is 5.75 Å². The molecule has 9 heteroatoms. The van der Waals surface area contributed by atoms with Crippen molar-refractivity contribution in [1.82, 2.24) is 4.90 Å². The van der Waals surface area contributed by atoms with E-state index in [0.29, 0.717) is 25.2 Å². The van der Waals surface area contributed by atoms with E-state index >= 15 is 0 Å². The first kappa shape index (κ1) is 23.6. The fraction of sp³-hybridized carbons (Fsp3) is 0.240. The van der Waals surface area contributed by atoms with Crippen molar-refractivity contribution in [3.05, 3.63) is 84.2 Å². The van der Waals surface area contributed by atoms with Crippen LogP contribution >= 0.6 is 0 Å². The molecule has 178 valence electrons. The van der Waals surface area contributed by atoms with Gasteiger partial charge in [0.05, 0.1) is 12.0 Å². The SMILES string of the molecule is COc1ccc(N2CCCN(C(=O)c3cccc(S(=O)(=O)Nc4ccc(F)cc4)c3)CC2)cc1. The van der Waals surface area contributed by atoms with E-state index in [1.54, 1.807) is 24.1 Å². The molecule has 7 nitrogen and oxygen atoms in total. The number of amides is 1. The number of methoxy groups -OCH3 is 1. The van der Waals surface area contributed by atoms with Crippen molar-refractivity contribution in [2.45, 2.75) is 11.3 Å². The average molecular weight is 484 g/mol. The van der Waals surface area contributed by atoms with Crippen LogP contribution < -0.4 is 14.4 Å². The number of rotatable bonds is 6. The highest BCUT2D eigenvalue weighted by molar-refractivity contribution is 7.92. The third-order valence-corrected chi connectivity index (χ3v) is 7.09. The van der Waals surface area contributed by atoms with Gasteiger partial charge in [-0.15, -0.1) is 0 Å². The molecule has 1 heterocycles. The molecule has 0 spiro atoms. The monoisotopic (exact) mass is 483 g/mol. The number of carbonyl (C=O) groups is 1. The number of ether oxygens (including phenoxy) is 1. The normalized spacial score (nSPS) is 14.4. The second kappa shape index (κ2) is 10.1. The van der Waals surface area contributed by atoms with Gasteiger partial charge in [0.25, 0.3) is 15.9 Å². The van der Waals surface area contributed by atoms with Crippen LogP contribution in [0.2, 0.25) is 0 Å². The topological polar surface area (TPSA) is 79.0 Å². The number of hydrogen-bond donors (Lipinski definition) is 1. The molecule has 4 rings (SSSR count). The molecule has 3 aromatic rings. The molecule has 0 aliphatic carbocycles. The van der Waals surface area contributed by atoms with Crippen molar-refractivity contribution in [2.75, 3.05) is 42.9 Å². The van der Waals surface area contributed by atoms with Gasteiger partial charge in [-0.1, -0.05) is 6.07 Å². The van der Waals surface area contributed by atoms with Crippen LogP contribution in [-0.2, 0) is 10.0 Å². The van der Waals surface area contributed by atoms with Crippen LogP contribution in [0.1, 0.15) is 16.8 Å². The number of carbonyl (C=O) groups excluding carboxylic acids is 1. The van der Waals surface area contributed by atoms with Crippen LogP contribution in [0.25, 0.3) is 0 Å². The number of halogens is 1. The van der Waals surface area contributed by atoms with E-state index < -0.39 is 15.8 Å². The van der Waals surface area contributed by atoms with Crippen LogP contribution in [0, 0.1) is 5.82 Å². The molecule has 1 fully saturated rings. The summed E-state index contributed by atoms with van der Waals surface area (Å²) in [6.07, 6.45) is 0.794. The van der Waals surface area contributed by atoms with Crippen LogP contribution in [0.4, 0.5) is 15.8 Å². The highest BCUT2D eigenvalue weighted by Gasteiger charge is 2.22. The molecule has 1 aliphatic rings. The minimum atomic E-state index is -3.93. The molecule has 34 heavy (non-hydrogen) atoms. The smallest absolute Gasteiger partial charge is 0.261 e. The summed E-state index contributed by atoms with van der Waals surface area (Å²) < 4.78 is 46.3. The first-order chi connectivity index (χ1) is 16.4. The molecule has 0 unspecified atom stereocenters. The third kappa shape index (κ3) is 5.48. The number of benzene rings is 3. The van der Waals surface area contributed by atoms with E-state index in [2.05, 4.69) is 9.62 Å². The van der Waals surface area contributed by atoms with E-state index in [1.807, 2.05) is 24.3 Å². The predicted octanol–water partition coefficient (Wildman–Crippen LogP) is 3.99. The molecule has 1 saturated heterocycles. The Bertz CT molecular complexity index is 1250. The Morgan fingerprint density at radius 2 is 1.68 bits per heavy atom. The molecule has 0 atom stereocenters. The summed E-state index contributed by atoms with van der Waals surface area (Å²) in [4.78, 5) is 17.1. The highest BCUT2D eigenvalue weighted by Crippen LogP contribution is 2.22. The van der Waals surface area contributed by atoms with E-state index in [1.165, 1.54) is 36.4 Å². The van der Waals surface area contributed by atoms with E-state index in [0.717, 1.165) is 24.4 Å². The Morgan fingerprint density at radius 3 is 2.38 bits per heavy atom. The second-order valence-electron chi connectivity index (χ2n) is 7.97. The number of nitrogens with zero attached hydrogens (tertiary/aromatic N) is 2. The fourth-order valence-corrected chi connectivity index (χ4v) is 4.99. The molecule has 3 aromatic carbocycles. The number of anilines is 2. The number of nitrogens with one attached hydrogen (secondary N) is 1. The largest absolute Gasteiger partial charge is 0.497 e. The van der Waals surface area contributed by atoms with E-state index in [4.69, 9.17) is 4.74 Å². The molecule has 0 saturated carbocycles. The van der Waals surface area contributed by atoms with Crippen molar-refractivity contribution in [3.63, 3.8) is 0 Å². The summed E-state index contributed by atoms with van der Waals surface area (Å²) in [6.45, 7) is 2.58. The fourth-order valence-electron chi connectivity index (χ4n) is 3.88. The summed E-state index contributed by atoms with van der Waals surface area (Å²) in [5.74, 6) is 0.119. The van der Waals surface area contributed by atoms with E-state index in [-0.39, 0.29) is 16.5 Å². The van der Waals surface area contributed by atoms with E-state index in [9.17, 15) is 17.6 Å². The zero-order valence-corrected chi connectivity index (χ0v) is 19.6. The Morgan fingerprint density at radius 1 is 0.941 bits per heavy atom. The predicted molar refractivity (Wildman–Crippen MR) is 129 cm³/mol. The molecule has 0 aromatic heterocycles. The van der Waals surface area contributed by atoms with Gasteiger partial charge >= 0.3 is 0 Å². The van der Waals surface area contributed by atoms with Gasteiger partial charge < -0.3 is 14.5 Å². The Hall–Kier alpha value is -3.59. The van der Waals surface area contributed by atoms with Gasteiger partial charge in [-0.05, 0) is 73.2 Å². The van der Waals surface area contributed by atoms with Gasteiger partial charge in [-0.2, -0.15) is 0 Å². The van der Waals surface area contributed by atoms with Crippen molar-refractivity contribution in [2.24, 2.45) is 0 Å². The minimum Gasteiger partial charge on any atom is -0.497 e. The van der Waals surface area contributed by atoms with Gasteiger partial charge in [0.1, 0.15) is 11.6 Å². The maximum atomic E-state index is 13.2. The zero-order valence-electron chi connectivity index (χ0n) is 18.8. The molecular formula is C25H26FN3O4S. The Labute approximate surface area is 198 Å². The van der Waals surface area contributed by atoms with Crippen molar-refractivity contribution < 1.29 is 22.3 Å². The number of hydrogen-bond acceptors (Lipinski definition) is 5. The number of sulfonamides is 1. The van der Waals surface area contributed by atoms with Crippen molar-refractivity contribution in [3.8, 4) is 5.75 Å². The van der Waals surface area contributed by atoms with Gasteiger partial charge in [-0.3, -0.25) is 9.52 Å². The lowest BCUT2D eigenvalue weighted by Gasteiger charge is -2.24. The lowest BCUT2D eigenvalue weighted by Crippen LogP contribution is -2.35. The second-order valence-corrected chi connectivity index (χ2v) is 9.65. The molecule has 0 radical (unpaired) electrons. The lowest BCUT2D eigenvalue weighted by molar-refractivity contribution is 0.0766. The summed E-state index contributed by atoms with van der Waals surface area (Å²) in [5.41, 5.74) is 1.61. The van der Waals surface area contributed by atoms with Crippen LogP contribution in [0.15, 0.2) is 77.7 Å². The third-order valence-electron chi connectivity index (χ3n) is 5.71. The van der Waals surface area contributed by atoms with Crippen molar-refractivity contribution in [1.29, 1.82) is 0 Å². The maximum Gasteiger partial charge on any atom is 0.261 e. The first-order valence-electron chi connectivity index (χ1n) is 10.9. The molecule has 1 amide bonds. The summed E-state index contributed by atoms with van der Waals surface area (Å²) in [5, 5.41) is 0. The minimum absolute atomic E-state index is 0.0302. The molecule has 1 N–H and O–H groups in total. The van der Waals surface area contributed by atoms with Gasteiger partial charge in [0.15, 0.2) is 0 Å². The first-order valence-corrected chi connectivity index (χ1v) is 12.4. The van der Waals surface area contributed by atoms with Gasteiger partial charge in [0.2, 0.25) is 0 Å². The lowest BCUT2D eigenvalue weighted by atomic mass is 10.2. The average Bonchev–Trinajstić information content (AvgIpc) is 3.11. The van der Waals surface area contributed by atoms with Crippen LogP contribution in [0.3, 0.4) is 0 Å². The molecular weight excluding hydrogens is 457 g/mol.